The van der Waals surface area contributed by atoms with E-state index in [4.69, 9.17) is 9.84 Å². The van der Waals surface area contributed by atoms with Crippen molar-refractivity contribution in [3.8, 4) is 0 Å². The zero-order valence-corrected chi connectivity index (χ0v) is 31.2. The van der Waals surface area contributed by atoms with Crippen molar-refractivity contribution in [1.82, 2.24) is 4.90 Å². The number of likely N-dealkylation sites (tertiary alicyclic amines) is 1. The molecule has 0 saturated carbocycles. The van der Waals surface area contributed by atoms with Gasteiger partial charge in [0.15, 0.2) is 0 Å². The van der Waals surface area contributed by atoms with Gasteiger partial charge >= 0.3 is 6.16 Å². The SMILES string of the molecule is CCCCC/C=C\C/C=C\CCCCCCCC(CCCCCCC/C=C\C/C=C\CCCCCCC1CCCN(C)C1)OC(=O)O. The number of piperidine rings is 1. The number of ether oxygens (including phenoxy) is 1. The Balaban J connectivity index is 1.90. The molecule has 0 aromatic heterocycles. The molecule has 1 rings (SSSR count). The van der Waals surface area contributed by atoms with E-state index in [1.165, 1.54) is 154 Å². The predicted molar refractivity (Wildman–Crippen MR) is 205 cm³/mol. The van der Waals surface area contributed by atoms with Gasteiger partial charge in [0.2, 0.25) is 0 Å². The van der Waals surface area contributed by atoms with Gasteiger partial charge < -0.3 is 14.7 Å². The highest BCUT2D eigenvalue weighted by Gasteiger charge is 2.16. The minimum absolute atomic E-state index is 0.129. The van der Waals surface area contributed by atoms with Crippen molar-refractivity contribution in [3.05, 3.63) is 48.6 Å². The molecule has 1 aliphatic heterocycles. The van der Waals surface area contributed by atoms with Crippen LogP contribution in [0.1, 0.15) is 187 Å². The first kappa shape index (κ1) is 43.2. The van der Waals surface area contributed by atoms with E-state index in [1.807, 2.05) is 0 Å². The quantitative estimate of drug-likeness (QED) is 0.0445. The summed E-state index contributed by atoms with van der Waals surface area (Å²) in [5, 5.41) is 9.15. The Morgan fingerprint density at radius 2 is 1.11 bits per heavy atom. The lowest BCUT2D eigenvalue weighted by Crippen LogP contribution is -2.31. The van der Waals surface area contributed by atoms with Gasteiger partial charge in [-0.2, -0.15) is 0 Å². The van der Waals surface area contributed by atoms with Crippen LogP contribution in [0.2, 0.25) is 0 Å². The Kier molecular flexibility index (Phi) is 31.3. The molecule has 0 radical (unpaired) electrons. The van der Waals surface area contributed by atoms with Crippen molar-refractivity contribution >= 4 is 6.16 Å². The molecule has 272 valence electrons. The van der Waals surface area contributed by atoms with Crippen molar-refractivity contribution < 1.29 is 14.6 Å². The summed E-state index contributed by atoms with van der Waals surface area (Å²) in [7, 11) is 2.27. The fourth-order valence-corrected chi connectivity index (χ4v) is 6.82. The van der Waals surface area contributed by atoms with Gasteiger partial charge in [-0.15, -0.1) is 0 Å². The molecule has 0 amide bonds. The predicted octanol–water partition coefficient (Wildman–Crippen LogP) is 13.8. The fraction of sp³-hybridized carbons (Fsp3) is 0.791. The van der Waals surface area contributed by atoms with Crippen LogP contribution in [0.5, 0.6) is 0 Å². The van der Waals surface area contributed by atoms with Crippen LogP contribution in [0.3, 0.4) is 0 Å². The van der Waals surface area contributed by atoms with Gasteiger partial charge in [0.1, 0.15) is 6.10 Å². The summed E-state index contributed by atoms with van der Waals surface area (Å²) in [5.41, 5.74) is 0. The molecule has 1 aliphatic rings. The first-order chi connectivity index (χ1) is 23.1. The highest BCUT2D eigenvalue weighted by Crippen LogP contribution is 2.21. The van der Waals surface area contributed by atoms with Crippen molar-refractivity contribution in [2.75, 3.05) is 20.1 Å². The number of unbranched alkanes of at least 4 members (excludes halogenated alkanes) is 17. The maximum absolute atomic E-state index is 11.2. The van der Waals surface area contributed by atoms with Crippen LogP contribution in [-0.2, 0) is 4.74 Å². The Morgan fingerprint density at radius 3 is 1.57 bits per heavy atom. The lowest BCUT2D eigenvalue weighted by atomic mass is 9.92. The average Bonchev–Trinajstić information content (AvgIpc) is 3.05. The molecule has 1 saturated heterocycles. The molecule has 1 N–H and O–H groups in total. The first-order valence-corrected chi connectivity index (χ1v) is 20.3. The second-order valence-corrected chi connectivity index (χ2v) is 14.3. The van der Waals surface area contributed by atoms with E-state index in [2.05, 4.69) is 67.5 Å². The Morgan fingerprint density at radius 1 is 0.660 bits per heavy atom. The Labute approximate surface area is 292 Å². The van der Waals surface area contributed by atoms with E-state index < -0.39 is 6.16 Å². The van der Waals surface area contributed by atoms with E-state index >= 15 is 0 Å². The standard InChI is InChI=1S/C43H77NO3/c1-3-4-5-6-7-8-9-10-13-17-20-23-26-29-32-37-42(47-43(45)46)38-33-30-27-24-21-18-15-12-11-14-16-19-22-25-28-31-35-41-36-34-39-44(2)40-41/h7-8,10,12-16,41-42H,3-6,9,11,17-40H2,1-2H3,(H,45,46)/b8-7-,13-10-,15-12-,16-14-. The summed E-state index contributed by atoms with van der Waals surface area (Å²) in [6, 6.07) is 0. The van der Waals surface area contributed by atoms with E-state index in [0.717, 1.165) is 44.4 Å². The fourth-order valence-electron chi connectivity index (χ4n) is 6.82. The molecule has 0 spiro atoms. The van der Waals surface area contributed by atoms with E-state index in [0.29, 0.717) is 0 Å². The lowest BCUT2D eigenvalue weighted by Gasteiger charge is -2.29. The van der Waals surface area contributed by atoms with E-state index in [-0.39, 0.29) is 6.10 Å². The topological polar surface area (TPSA) is 49.8 Å². The number of carbonyl (C=O) groups is 1. The summed E-state index contributed by atoms with van der Waals surface area (Å²) in [5.74, 6) is 0.953. The number of rotatable bonds is 32. The molecule has 0 bridgehead atoms. The summed E-state index contributed by atoms with van der Waals surface area (Å²) >= 11 is 0. The average molecular weight is 656 g/mol. The van der Waals surface area contributed by atoms with E-state index in [9.17, 15) is 4.79 Å². The summed E-state index contributed by atoms with van der Waals surface area (Å²) in [4.78, 5) is 13.7. The highest BCUT2D eigenvalue weighted by molar-refractivity contribution is 5.57. The van der Waals surface area contributed by atoms with Gasteiger partial charge in [0.05, 0.1) is 0 Å². The van der Waals surface area contributed by atoms with Crippen LogP contribution in [0.4, 0.5) is 4.79 Å². The number of allylic oxidation sites excluding steroid dienone is 8. The Bertz CT molecular complexity index is 801. The van der Waals surface area contributed by atoms with Gasteiger partial charge in [-0.1, -0.05) is 126 Å². The van der Waals surface area contributed by atoms with Gasteiger partial charge in [-0.05, 0) is 129 Å². The number of hydrogen-bond donors (Lipinski definition) is 1. The minimum Gasteiger partial charge on any atom is -0.450 e. The largest absolute Gasteiger partial charge is 0.506 e. The maximum atomic E-state index is 11.2. The monoisotopic (exact) mass is 656 g/mol. The van der Waals surface area contributed by atoms with Crippen molar-refractivity contribution in [1.29, 1.82) is 0 Å². The van der Waals surface area contributed by atoms with Crippen LogP contribution in [0.25, 0.3) is 0 Å². The van der Waals surface area contributed by atoms with Gasteiger partial charge in [-0.3, -0.25) is 0 Å². The van der Waals surface area contributed by atoms with Crippen LogP contribution in [-0.4, -0.2) is 42.4 Å². The van der Waals surface area contributed by atoms with Crippen LogP contribution >= 0.6 is 0 Å². The first-order valence-electron chi connectivity index (χ1n) is 20.3. The molecule has 1 fully saturated rings. The van der Waals surface area contributed by atoms with E-state index in [1.54, 1.807) is 0 Å². The van der Waals surface area contributed by atoms with Crippen LogP contribution in [0.15, 0.2) is 48.6 Å². The normalized spacial score (nSPS) is 16.8. The molecule has 4 nitrogen and oxygen atoms in total. The third-order valence-electron chi connectivity index (χ3n) is 9.70. The molecule has 47 heavy (non-hydrogen) atoms. The molecule has 2 unspecified atom stereocenters. The molecular formula is C43H77NO3. The zero-order valence-electron chi connectivity index (χ0n) is 31.2. The molecule has 1 heterocycles. The van der Waals surface area contributed by atoms with Crippen LogP contribution in [0, 0.1) is 5.92 Å². The molecule has 0 aromatic carbocycles. The molecular weight excluding hydrogens is 578 g/mol. The molecule has 2 atom stereocenters. The zero-order chi connectivity index (χ0) is 33.9. The molecule has 4 heteroatoms. The second kappa shape index (κ2) is 34.1. The number of hydrogen-bond acceptors (Lipinski definition) is 3. The van der Waals surface area contributed by atoms with Crippen molar-refractivity contribution in [2.24, 2.45) is 5.92 Å². The van der Waals surface area contributed by atoms with Gasteiger partial charge in [-0.25, -0.2) is 4.79 Å². The summed E-state index contributed by atoms with van der Waals surface area (Å²) < 4.78 is 5.21. The maximum Gasteiger partial charge on any atom is 0.506 e. The van der Waals surface area contributed by atoms with Gasteiger partial charge in [0.25, 0.3) is 0 Å². The second-order valence-electron chi connectivity index (χ2n) is 14.3. The summed E-state index contributed by atoms with van der Waals surface area (Å²) in [6.07, 6.45) is 51.7. The lowest BCUT2D eigenvalue weighted by molar-refractivity contribution is 0.0422. The third-order valence-corrected chi connectivity index (χ3v) is 9.70. The van der Waals surface area contributed by atoms with Crippen molar-refractivity contribution in [3.63, 3.8) is 0 Å². The molecule has 0 aliphatic carbocycles. The number of nitrogens with zero attached hydrogens (tertiary/aromatic N) is 1. The smallest absolute Gasteiger partial charge is 0.450 e. The van der Waals surface area contributed by atoms with Crippen LogP contribution < -0.4 is 0 Å². The Hall–Kier alpha value is -1.81. The highest BCUT2D eigenvalue weighted by atomic mass is 16.7. The number of carboxylic acid groups (broad SMARTS) is 1. The summed E-state index contributed by atoms with van der Waals surface area (Å²) in [6.45, 7) is 4.87. The van der Waals surface area contributed by atoms with Gasteiger partial charge in [0, 0.05) is 6.54 Å². The minimum atomic E-state index is -1.12. The third kappa shape index (κ3) is 31.2. The molecule has 0 aromatic rings. The van der Waals surface area contributed by atoms with Crippen molar-refractivity contribution in [2.45, 2.75) is 193 Å².